The average Bonchev–Trinajstić information content (AvgIpc) is 3.12. The summed E-state index contributed by atoms with van der Waals surface area (Å²) in [5.41, 5.74) is 0.613. The lowest BCUT2D eigenvalue weighted by Gasteiger charge is -2.34. The van der Waals surface area contributed by atoms with Crippen LogP contribution < -0.4 is 4.72 Å². The van der Waals surface area contributed by atoms with Gasteiger partial charge in [-0.1, -0.05) is 0 Å². The highest BCUT2D eigenvalue weighted by Gasteiger charge is 2.40. The van der Waals surface area contributed by atoms with Crippen LogP contribution in [0.15, 0.2) is 11.1 Å². The molecule has 1 aliphatic heterocycles. The number of aryl methyl sites for hydroxylation is 1. The van der Waals surface area contributed by atoms with Crippen LogP contribution in [-0.4, -0.2) is 72.7 Å². The van der Waals surface area contributed by atoms with Crippen molar-refractivity contribution in [2.45, 2.75) is 56.3 Å². The van der Waals surface area contributed by atoms with Gasteiger partial charge in [-0.2, -0.15) is 5.10 Å². The number of sulfonamides is 1. The Hall–Kier alpha value is -1.00. The minimum atomic E-state index is -3.69. The summed E-state index contributed by atoms with van der Waals surface area (Å²) in [4.78, 5) is 2.38. The van der Waals surface area contributed by atoms with E-state index in [1.54, 1.807) is 11.6 Å². The molecule has 0 spiro atoms. The fraction of sp³-hybridized carbons (Fsp3) is 0.800. The second-order valence-electron chi connectivity index (χ2n) is 6.42. The fourth-order valence-corrected chi connectivity index (χ4v) is 5.13. The van der Waals surface area contributed by atoms with Crippen molar-refractivity contribution in [3.05, 3.63) is 11.9 Å². The zero-order valence-corrected chi connectivity index (χ0v) is 15.0. The first-order valence-corrected chi connectivity index (χ1v) is 9.97. The number of ether oxygens (including phenoxy) is 1. The van der Waals surface area contributed by atoms with E-state index in [0.717, 1.165) is 19.5 Å². The summed E-state index contributed by atoms with van der Waals surface area (Å²) in [5, 5.41) is 14.7. The maximum absolute atomic E-state index is 12.7. The average molecular weight is 358 g/mol. The molecular weight excluding hydrogens is 332 g/mol. The largest absolute Gasteiger partial charge is 0.390 e. The molecule has 1 aromatic rings. The van der Waals surface area contributed by atoms with E-state index in [-0.39, 0.29) is 10.9 Å². The molecule has 2 aliphatic rings. The quantitative estimate of drug-likeness (QED) is 0.751. The Morgan fingerprint density at radius 3 is 2.71 bits per heavy atom. The molecule has 3 rings (SSSR count). The SMILES string of the molecule is CCn1ncc(S(=O)(=O)N[C@@H]2CC[C@@H](N3CCOCC3)[C@@H]2O)c1C. The second kappa shape index (κ2) is 7.09. The Morgan fingerprint density at radius 2 is 2.08 bits per heavy atom. The summed E-state index contributed by atoms with van der Waals surface area (Å²) in [6.45, 7) is 7.16. The monoisotopic (exact) mass is 358 g/mol. The van der Waals surface area contributed by atoms with Crippen molar-refractivity contribution in [2.75, 3.05) is 26.3 Å². The molecule has 2 heterocycles. The molecule has 1 saturated carbocycles. The van der Waals surface area contributed by atoms with Gasteiger partial charge in [0, 0.05) is 31.7 Å². The van der Waals surface area contributed by atoms with Gasteiger partial charge in [0.1, 0.15) is 4.90 Å². The van der Waals surface area contributed by atoms with E-state index >= 15 is 0 Å². The number of nitrogens with zero attached hydrogens (tertiary/aromatic N) is 3. The van der Waals surface area contributed by atoms with Gasteiger partial charge in [0.2, 0.25) is 10.0 Å². The van der Waals surface area contributed by atoms with Gasteiger partial charge in [-0.3, -0.25) is 9.58 Å². The van der Waals surface area contributed by atoms with Gasteiger partial charge in [0.15, 0.2) is 0 Å². The Kier molecular flexibility index (Phi) is 5.26. The van der Waals surface area contributed by atoms with Gasteiger partial charge in [-0.15, -0.1) is 0 Å². The third-order valence-corrected chi connectivity index (χ3v) is 6.64. The highest BCUT2D eigenvalue weighted by molar-refractivity contribution is 7.89. The molecule has 136 valence electrons. The molecule has 2 N–H and O–H groups in total. The summed E-state index contributed by atoms with van der Waals surface area (Å²) in [5.74, 6) is 0. The number of aliphatic hydroxyl groups is 1. The van der Waals surface area contributed by atoms with E-state index in [9.17, 15) is 13.5 Å². The molecule has 8 nitrogen and oxygen atoms in total. The summed E-state index contributed by atoms with van der Waals surface area (Å²) in [6.07, 6.45) is 2.08. The molecule has 0 bridgehead atoms. The van der Waals surface area contributed by atoms with E-state index in [1.807, 2.05) is 6.92 Å². The normalized spacial score (nSPS) is 29.2. The van der Waals surface area contributed by atoms with Gasteiger partial charge < -0.3 is 9.84 Å². The topological polar surface area (TPSA) is 96.7 Å². The van der Waals surface area contributed by atoms with Crippen molar-refractivity contribution in [3.8, 4) is 0 Å². The maximum Gasteiger partial charge on any atom is 0.244 e. The van der Waals surface area contributed by atoms with Gasteiger partial charge in [-0.05, 0) is 26.7 Å². The Bertz CT molecular complexity index is 669. The highest BCUT2D eigenvalue weighted by atomic mass is 32.2. The third kappa shape index (κ3) is 3.36. The molecule has 3 atom stereocenters. The number of aliphatic hydroxyl groups excluding tert-OH is 1. The lowest BCUT2D eigenvalue weighted by atomic mass is 10.1. The number of rotatable bonds is 5. The molecule has 24 heavy (non-hydrogen) atoms. The van der Waals surface area contributed by atoms with Crippen LogP contribution in [0.25, 0.3) is 0 Å². The van der Waals surface area contributed by atoms with Crippen LogP contribution in [0.5, 0.6) is 0 Å². The molecule has 1 aliphatic carbocycles. The Morgan fingerprint density at radius 1 is 1.38 bits per heavy atom. The Labute approximate surface area is 142 Å². The van der Waals surface area contributed by atoms with Gasteiger partial charge in [-0.25, -0.2) is 13.1 Å². The lowest BCUT2D eigenvalue weighted by Crippen LogP contribution is -2.51. The first-order chi connectivity index (χ1) is 11.4. The maximum atomic E-state index is 12.7. The van der Waals surface area contributed by atoms with Crippen molar-refractivity contribution < 1.29 is 18.3 Å². The van der Waals surface area contributed by atoms with Crippen LogP contribution in [-0.2, 0) is 21.3 Å². The summed E-state index contributed by atoms with van der Waals surface area (Å²) in [7, 11) is -3.69. The minimum Gasteiger partial charge on any atom is -0.390 e. The molecular formula is C15H26N4O4S. The predicted molar refractivity (Wildman–Crippen MR) is 88.2 cm³/mol. The number of hydrogen-bond acceptors (Lipinski definition) is 6. The predicted octanol–water partition coefficient (Wildman–Crippen LogP) is -0.286. The molecule has 1 aromatic heterocycles. The van der Waals surface area contributed by atoms with Crippen LogP contribution in [0.1, 0.15) is 25.5 Å². The Balaban J connectivity index is 1.70. The van der Waals surface area contributed by atoms with Crippen LogP contribution in [0.2, 0.25) is 0 Å². The lowest BCUT2D eigenvalue weighted by molar-refractivity contribution is -0.0145. The fourth-order valence-electron chi connectivity index (χ4n) is 3.67. The van der Waals surface area contributed by atoms with Crippen molar-refractivity contribution in [2.24, 2.45) is 0 Å². The van der Waals surface area contributed by atoms with Crippen LogP contribution >= 0.6 is 0 Å². The van der Waals surface area contributed by atoms with Gasteiger partial charge in [0.25, 0.3) is 0 Å². The van der Waals surface area contributed by atoms with E-state index in [2.05, 4.69) is 14.7 Å². The van der Waals surface area contributed by atoms with E-state index in [0.29, 0.717) is 31.9 Å². The van der Waals surface area contributed by atoms with Crippen molar-refractivity contribution in [3.63, 3.8) is 0 Å². The number of hydrogen-bond donors (Lipinski definition) is 2. The summed E-state index contributed by atoms with van der Waals surface area (Å²) < 4.78 is 35.0. The van der Waals surface area contributed by atoms with Crippen molar-refractivity contribution >= 4 is 10.0 Å². The number of aromatic nitrogens is 2. The van der Waals surface area contributed by atoms with E-state index in [1.165, 1.54) is 6.20 Å². The van der Waals surface area contributed by atoms with Crippen LogP contribution in [0.4, 0.5) is 0 Å². The third-order valence-electron chi connectivity index (χ3n) is 5.05. The molecule has 2 fully saturated rings. The van der Waals surface area contributed by atoms with Crippen LogP contribution in [0, 0.1) is 6.92 Å². The van der Waals surface area contributed by atoms with Crippen molar-refractivity contribution in [1.82, 2.24) is 19.4 Å². The first-order valence-electron chi connectivity index (χ1n) is 8.48. The van der Waals surface area contributed by atoms with Gasteiger partial charge in [0.05, 0.1) is 31.2 Å². The molecule has 0 aromatic carbocycles. The highest BCUT2D eigenvalue weighted by Crippen LogP contribution is 2.27. The van der Waals surface area contributed by atoms with Gasteiger partial charge >= 0.3 is 0 Å². The number of nitrogens with one attached hydrogen (secondary N) is 1. The van der Waals surface area contributed by atoms with E-state index in [4.69, 9.17) is 4.74 Å². The zero-order chi connectivity index (χ0) is 17.3. The zero-order valence-electron chi connectivity index (χ0n) is 14.2. The summed E-state index contributed by atoms with van der Waals surface area (Å²) >= 11 is 0. The molecule has 0 unspecified atom stereocenters. The summed E-state index contributed by atoms with van der Waals surface area (Å²) in [6, 6.07) is -0.478. The number of morpholine rings is 1. The van der Waals surface area contributed by atoms with Crippen LogP contribution in [0.3, 0.4) is 0 Å². The standard InChI is InChI=1S/C15H26N4O4S/c1-3-19-11(2)14(10-16-19)24(21,22)17-12-4-5-13(15(12)20)18-6-8-23-9-7-18/h10,12-13,15,17,20H,3-9H2,1-2H3/t12-,13-,15-/m1/s1. The van der Waals surface area contributed by atoms with Crippen molar-refractivity contribution in [1.29, 1.82) is 0 Å². The first kappa shape index (κ1) is 17.8. The smallest absolute Gasteiger partial charge is 0.244 e. The molecule has 0 amide bonds. The molecule has 9 heteroatoms. The minimum absolute atomic E-state index is 0.0129. The molecule has 1 saturated heterocycles. The van der Waals surface area contributed by atoms with E-state index < -0.39 is 22.2 Å². The molecule has 0 radical (unpaired) electrons. The second-order valence-corrected chi connectivity index (χ2v) is 8.10.